The molecule has 0 aliphatic heterocycles. The second kappa shape index (κ2) is 6.48. The van der Waals surface area contributed by atoms with Crippen molar-refractivity contribution in [1.82, 2.24) is 4.98 Å². The first-order chi connectivity index (χ1) is 10.1. The van der Waals surface area contributed by atoms with Crippen LogP contribution in [0.3, 0.4) is 0 Å². The Morgan fingerprint density at radius 3 is 2.48 bits per heavy atom. The molecule has 0 atom stereocenters. The smallest absolute Gasteiger partial charge is 0.340 e. The van der Waals surface area contributed by atoms with E-state index in [1.54, 1.807) is 25.1 Å². The van der Waals surface area contributed by atoms with Gasteiger partial charge >= 0.3 is 5.97 Å². The van der Waals surface area contributed by atoms with Crippen molar-refractivity contribution >= 4 is 5.97 Å². The van der Waals surface area contributed by atoms with Crippen LogP contribution in [0.15, 0.2) is 30.3 Å². The van der Waals surface area contributed by atoms with Crippen LogP contribution in [0.4, 0.5) is 4.39 Å². The van der Waals surface area contributed by atoms with Crippen molar-refractivity contribution in [2.75, 3.05) is 6.61 Å². The van der Waals surface area contributed by atoms with E-state index in [9.17, 15) is 9.18 Å². The third kappa shape index (κ3) is 3.27. The van der Waals surface area contributed by atoms with Crippen LogP contribution in [0.25, 0.3) is 11.1 Å². The Morgan fingerprint density at radius 1 is 1.24 bits per heavy atom. The van der Waals surface area contributed by atoms with E-state index < -0.39 is 0 Å². The molecule has 0 bridgehead atoms. The molecule has 4 heteroatoms. The first-order valence-electron chi connectivity index (χ1n) is 7.00. The number of ether oxygens (including phenoxy) is 1. The number of benzene rings is 1. The minimum Gasteiger partial charge on any atom is -0.462 e. The molecule has 21 heavy (non-hydrogen) atoms. The van der Waals surface area contributed by atoms with Gasteiger partial charge in [-0.1, -0.05) is 19.1 Å². The van der Waals surface area contributed by atoms with Gasteiger partial charge < -0.3 is 4.74 Å². The Balaban J connectivity index is 2.54. The van der Waals surface area contributed by atoms with Gasteiger partial charge in [-0.05, 0) is 44.0 Å². The Kier molecular flexibility index (Phi) is 4.68. The highest BCUT2D eigenvalue weighted by molar-refractivity contribution is 5.92. The number of aryl methyl sites for hydroxylation is 2. The number of pyridine rings is 1. The van der Waals surface area contributed by atoms with Crippen LogP contribution in [0.2, 0.25) is 0 Å². The molecule has 0 saturated heterocycles. The van der Waals surface area contributed by atoms with Gasteiger partial charge in [0.2, 0.25) is 0 Å². The van der Waals surface area contributed by atoms with Crippen molar-refractivity contribution < 1.29 is 13.9 Å². The number of halogens is 1. The molecular formula is C17H18FNO2. The maximum atomic E-state index is 13.0. The van der Waals surface area contributed by atoms with Crippen molar-refractivity contribution in [3.05, 3.63) is 53.1 Å². The molecule has 0 N–H and O–H groups in total. The lowest BCUT2D eigenvalue weighted by Gasteiger charge is -2.12. The average Bonchev–Trinajstić information content (AvgIpc) is 2.48. The molecule has 0 saturated carbocycles. The largest absolute Gasteiger partial charge is 0.462 e. The Hall–Kier alpha value is -2.23. The van der Waals surface area contributed by atoms with Crippen LogP contribution in [-0.2, 0) is 11.2 Å². The zero-order valence-electron chi connectivity index (χ0n) is 12.4. The summed E-state index contributed by atoms with van der Waals surface area (Å²) in [6.45, 7) is 5.92. The molecule has 0 amide bonds. The molecule has 0 fully saturated rings. The van der Waals surface area contributed by atoms with E-state index in [1.165, 1.54) is 12.1 Å². The van der Waals surface area contributed by atoms with Crippen molar-refractivity contribution in [3.8, 4) is 11.1 Å². The maximum Gasteiger partial charge on any atom is 0.340 e. The van der Waals surface area contributed by atoms with E-state index in [0.29, 0.717) is 18.6 Å². The zero-order valence-corrected chi connectivity index (χ0v) is 12.4. The Bertz CT molecular complexity index is 651. The van der Waals surface area contributed by atoms with Gasteiger partial charge in [0.25, 0.3) is 0 Å². The van der Waals surface area contributed by atoms with Gasteiger partial charge in [0.1, 0.15) is 5.82 Å². The summed E-state index contributed by atoms with van der Waals surface area (Å²) in [7, 11) is 0. The fourth-order valence-corrected chi connectivity index (χ4v) is 2.23. The highest BCUT2D eigenvalue weighted by Gasteiger charge is 2.16. The number of aromatic nitrogens is 1. The zero-order chi connectivity index (χ0) is 15.4. The normalized spacial score (nSPS) is 10.5. The van der Waals surface area contributed by atoms with Crippen molar-refractivity contribution in [2.24, 2.45) is 0 Å². The molecule has 0 aliphatic rings. The van der Waals surface area contributed by atoms with E-state index in [1.807, 2.05) is 13.8 Å². The lowest BCUT2D eigenvalue weighted by molar-refractivity contribution is 0.0524. The predicted molar refractivity (Wildman–Crippen MR) is 79.7 cm³/mol. The van der Waals surface area contributed by atoms with Crippen molar-refractivity contribution in [3.63, 3.8) is 0 Å². The van der Waals surface area contributed by atoms with E-state index in [4.69, 9.17) is 4.74 Å². The topological polar surface area (TPSA) is 39.2 Å². The molecule has 0 unspecified atom stereocenters. The maximum absolute atomic E-state index is 13.0. The van der Waals surface area contributed by atoms with E-state index >= 15 is 0 Å². The van der Waals surface area contributed by atoms with Crippen LogP contribution < -0.4 is 0 Å². The van der Waals surface area contributed by atoms with Crippen LogP contribution in [0.1, 0.15) is 35.6 Å². The number of carbonyl (C=O) groups excluding carboxylic acids is 1. The minimum absolute atomic E-state index is 0.292. The van der Waals surface area contributed by atoms with Crippen LogP contribution >= 0.6 is 0 Å². The first kappa shape index (κ1) is 15.2. The van der Waals surface area contributed by atoms with E-state index in [0.717, 1.165) is 22.5 Å². The highest BCUT2D eigenvalue weighted by atomic mass is 19.1. The number of esters is 1. The summed E-state index contributed by atoms with van der Waals surface area (Å²) in [5.41, 5.74) is 3.65. The monoisotopic (exact) mass is 287 g/mol. The SMILES string of the molecule is CCOC(=O)c1cc(-c2ccc(F)cc2)c(C)nc1CC. The fourth-order valence-electron chi connectivity index (χ4n) is 2.23. The van der Waals surface area contributed by atoms with E-state index in [2.05, 4.69) is 4.98 Å². The van der Waals surface area contributed by atoms with Gasteiger partial charge in [-0.25, -0.2) is 9.18 Å². The Labute approximate surface area is 123 Å². The molecule has 110 valence electrons. The third-order valence-corrected chi connectivity index (χ3v) is 3.28. The number of carbonyl (C=O) groups is 1. The number of hydrogen-bond acceptors (Lipinski definition) is 3. The van der Waals surface area contributed by atoms with E-state index in [-0.39, 0.29) is 11.8 Å². The van der Waals surface area contributed by atoms with Gasteiger partial charge in [0.15, 0.2) is 0 Å². The molecule has 2 rings (SSSR count). The van der Waals surface area contributed by atoms with Crippen LogP contribution in [-0.4, -0.2) is 17.6 Å². The molecule has 2 aromatic rings. The summed E-state index contributed by atoms with van der Waals surface area (Å²) in [5.74, 6) is -0.662. The number of rotatable bonds is 4. The van der Waals surface area contributed by atoms with Gasteiger partial charge in [-0.3, -0.25) is 4.98 Å². The highest BCUT2D eigenvalue weighted by Crippen LogP contribution is 2.25. The summed E-state index contributed by atoms with van der Waals surface area (Å²) < 4.78 is 18.1. The predicted octanol–water partition coefficient (Wildman–Crippen LogP) is 3.94. The summed E-state index contributed by atoms with van der Waals surface area (Å²) >= 11 is 0. The van der Waals surface area contributed by atoms with Gasteiger partial charge in [-0.15, -0.1) is 0 Å². The Morgan fingerprint density at radius 2 is 1.90 bits per heavy atom. The first-order valence-corrected chi connectivity index (χ1v) is 7.00. The molecule has 0 spiro atoms. The fraction of sp³-hybridized carbons (Fsp3) is 0.294. The molecule has 0 radical (unpaired) electrons. The van der Waals surface area contributed by atoms with Gasteiger partial charge in [0, 0.05) is 11.3 Å². The molecule has 1 aromatic heterocycles. The van der Waals surface area contributed by atoms with Crippen molar-refractivity contribution in [2.45, 2.75) is 27.2 Å². The summed E-state index contributed by atoms with van der Waals surface area (Å²) in [6, 6.07) is 7.94. The molecule has 0 aliphatic carbocycles. The number of nitrogens with zero attached hydrogens (tertiary/aromatic N) is 1. The molecular weight excluding hydrogens is 269 g/mol. The molecule has 1 heterocycles. The van der Waals surface area contributed by atoms with Gasteiger partial charge in [0.05, 0.1) is 17.9 Å². The standard InChI is InChI=1S/C17H18FNO2/c1-4-16-15(17(20)21-5-2)10-14(11(3)19-16)12-6-8-13(18)9-7-12/h6-10H,4-5H2,1-3H3. The van der Waals surface area contributed by atoms with Gasteiger partial charge in [-0.2, -0.15) is 0 Å². The lowest BCUT2D eigenvalue weighted by atomic mass is 10.00. The third-order valence-electron chi connectivity index (χ3n) is 3.28. The summed E-state index contributed by atoms with van der Waals surface area (Å²) in [5, 5.41) is 0. The summed E-state index contributed by atoms with van der Waals surface area (Å²) in [6.07, 6.45) is 0.651. The molecule has 1 aromatic carbocycles. The lowest BCUT2D eigenvalue weighted by Crippen LogP contribution is -2.11. The van der Waals surface area contributed by atoms with Crippen LogP contribution in [0.5, 0.6) is 0 Å². The number of hydrogen-bond donors (Lipinski definition) is 0. The van der Waals surface area contributed by atoms with Crippen molar-refractivity contribution in [1.29, 1.82) is 0 Å². The quantitative estimate of drug-likeness (QED) is 0.800. The second-order valence-corrected chi connectivity index (χ2v) is 4.70. The van der Waals surface area contributed by atoms with Crippen LogP contribution in [0, 0.1) is 12.7 Å². The second-order valence-electron chi connectivity index (χ2n) is 4.70. The minimum atomic E-state index is -0.370. The summed E-state index contributed by atoms with van der Waals surface area (Å²) in [4.78, 5) is 16.6. The molecule has 3 nitrogen and oxygen atoms in total. The average molecular weight is 287 g/mol.